The fourth-order valence-corrected chi connectivity index (χ4v) is 2.91. The van der Waals surface area contributed by atoms with E-state index < -0.39 is 11.4 Å². The van der Waals surface area contributed by atoms with Crippen LogP contribution >= 0.6 is 15.9 Å². The maximum atomic E-state index is 12.2. The molecule has 0 radical (unpaired) electrons. The molecule has 6 heteroatoms. The molecule has 0 saturated carbocycles. The zero-order valence-corrected chi connectivity index (χ0v) is 13.6. The third-order valence-corrected chi connectivity index (χ3v) is 4.55. The summed E-state index contributed by atoms with van der Waals surface area (Å²) in [5.74, 6) is -0.460. The number of aliphatic carboxylic acids is 1. The van der Waals surface area contributed by atoms with E-state index in [0.29, 0.717) is 23.4 Å². The number of carboxylic acid groups (broad SMARTS) is 1. The summed E-state index contributed by atoms with van der Waals surface area (Å²) in [6.07, 6.45) is 3.50. The fraction of sp³-hybridized carbons (Fsp3) is 0.467. The van der Waals surface area contributed by atoms with Gasteiger partial charge < -0.3 is 14.4 Å². The Balaban J connectivity index is 2.05. The van der Waals surface area contributed by atoms with Crippen LogP contribution in [-0.2, 0) is 9.59 Å². The maximum Gasteiger partial charge on any atom is 0.311 e. The third kappa shape index (κ3) is 3.20. The first-order chi connectivity index (χ1) is 9.85. The van der Waals surface area contributed by atoms with Crippen LogP contribution in [0.1, 0.15) is 26.0 Å². The van der Waals surface area contributed by atoms with Crippen molar-refractivity contribution in [2.45, 2.75) is 20.3 Å². The van der Waals surface area contributed by atoms with Gasteiger partial charge in [-0.15, -0.1) is 0 Å². The van der Waals surface area contributed by atoms with Crippen LogP contribution in [0.25, 0.3) is 6.08 Å². The molecule has 1 N–H and O–H groups in total. The molecule has 1 saturated heterocycles. The molecule has 1 atom stereocenters. The van der Waals surface area contributed by atoms with Gasteiger partial charge in [0.2, 0.25) is 5.91 Å². The van der Waals surface area contributed by atoms with Gasteiger partial charge in [-0.25, -0.2) is 0 Å². The van der Waals surface area contributed by atoms with Crippen molar-refractivity contribution in [1.82, 2.24) is 4.90 Å². The lowest BCUT2D eigenvalue weighted by Crippen LogP contribution is -2.40. The van der Waals surface area contributed by atoms with Crippen LogP contribution in [0.5, 0.6) is 0 Å². The number of furan rings is 1. The molecular formula is C15H18BrNO4. The smallest absolute Gasteiger partial charge is 0.311 e. The van der Waals surface area contributed by atoms with E-state index in [1.807, 2.05) is 13.8 Å². The van der Waals surface area contributed by atoms with E-state index in [1.54, 1.807) is 23.1 Å². The Morgan fingerprint density at radius 1 is 1.48 bits per heavy atom. The number of halogens is 1. The first-order valence-corrected chi connectivity index (χ1v) is 7.60. The summed E-state index contributed by atoms with van der Waals surface area (Å²) < 4.78 is 5.88. The molecule has 0 aliphatic carbocycles. The maximum absolute atomic E-state index is 12.2. The van der Waals surface area contributed by atoms with Crippen molar-refractivity contribution in [2.75, 3.05) is 13.1 Å². The highest BCUT2D eigenvalue weighted by molar-refractivity contribution is 9.10. The lowest BCUT2D eigenvalue weighted by Gasteiger charge is -2.28. The summed E-state index contributed by atoms with van der Waals surface area (Å²) in [6, 6.07) is 3.49. The monoisotopic (exact) mass is 355 g/mol. The van der Waals surface area contributed by atoms with Gasteiger partial charge in [-0.3, -0.25) is 9.59 Å². The Labute approximate surface area is 131 Å². The standard InChI is InChI=1S/C15H18BrNO4/c1-10(2)15(14(19)20)7-8-17(9-15)13(18)6-4-11-3-5-12(16)21-11/h3-6,10H,7-9H2,1-2H3,(H,19,20)/b6-4+. The summed E-state index contributed by atoms with van der Waals surface area (Å²) >= 11 is 3.19. The number of carbonyl (C=O) groups excluding carboxylic acids is 1. The minimum Gasteiger partial charge on any atom is -0.481 e. The van der Waals surface area contributed by atoms with E-state index in [2.05, 4.69) is 15.9 Å². The van der Waals surface area contributed by atoms with Crippen LogP contribution < -0.4 is 0 Å². The number of hydrogen-bond donors (Lipinski definition) is 1. The Hall–Kier alpha value is -1.56. The summed E-state index contributed by atoms with van der Waals surface area (Å²) in [6.45, 7) is 4.50. The van der Waals surface area contributed by atoms with E-state index in [-0.39, 0.29) is 18.4 Å². The zero-order chi connectivity index (χ0) is 15.6. The molecule has 1 unspecified atom stereocenters. The van der Waals surface area contributed by atoms with Crippen LogP contribution in [-0.4, -0.2) is 35.0 Å². The molecule has 2 heterocycles. The Bertz CT molecular complexity index is 578. The number of hydrogen-bond acceptors (Lipinski definition) is 3. The highest BCUT2D eigenvalue weighted by Crippen LogP contribution is 2.38. The van der Waals surface area contributed by atoms with Crippen LogP contribution in [0, 0.1) is 11.3 Å². The lowest BCUT2D eigenvalue weighted by molar-refractivity contribution is -0.151. The Morgan fingerprint density at radius 3 is 2.67 bits per heavy atom. The van der Waals surface area contributed by atoms with Gasteiger partial charge in [0, 0.05) is 19.2 Å². The SMILES string of the molecule is CC(C)C1(C(=O)O)CCN(C(=O)/C=C/c2ccc(Br)o2)C1. The summed E-state index contributed by atoms with van der Waals surface area (Å²) in [5.41, 5.74) is -0.836. The zero-order valence-electron chi connectivity index (χ0n) is 12.0. The molecular weight excluding hydrogens is 338 g/mol. The molecule has 1 aromatic heterocycles. The molecule has 1 aliphatic heterocycles. The number of carboxylic acids is 1. The molecule has 1 amide bonds. The van der Waals surface area contributed by atoms with Crippen molar-refractivity contribution in [1.29, 1.82) is 0 Å². The molecule has 0 bridgehead atoms. The number of likely N-dealkylation sites (tertiary alicyclic amines) is 1. The number of rotatable bonds is 4. The van der Waals surface area contributed by atoms with E-state index in [1.165, 1.54) is 6.08 Å². The van der Waals surface area contributed by atoms with Crippen molar-refractivity contribution in [3.8, 4) is 0 Å². The predicted octanol–water partition coefficient (Wildman–Crippen LogP) is 3.01. The largest absolute Gasteiger partial charge is 0.481 e. The van der Waals surface area contributed by atoms with Gasteiger partial charge in [0.25, 0.3) is 0 Å². The van der Waals surface area contributed by atoms with Crippen molar-refractivity contribution in [3.63, 3.8) is 0 Å². The summed E-state index contributed by atoms with van der Waals surface area (Å²) in [7, 11) is 0. The van der Waals surface area contributed by atoms with Crippen LogP contribution in [0.15, 0.2) is 27.3 Å². The second kappa shape index (κ2) is 6.05. The lowest BCUT2D eigenvalue weighted by atomic mass is 9.76. The van der Waals surface area contributed by atoms with Crippen LogP contribution in [0.2, 0.25) is 0 Å². The van der Waals surface area contributed by atoms with Crippen molar-refractivity contribution in [2.24, 2.45) is 11.3 Å². The van der Waals surface area contributed by atoms with Gasteiger partial charge in [-0.2, -0.15) is 0 Å². The average Bonchev–Trinajstić information content (AvgIpc) is 3.03. The van der Waals surface area contributed by atoms with Gasteiger partial charge in [-0.1, -0.05) is 13.8 Å². The fourth-order valence-electron chi connectivity index (χ4n) is 2.59. The molecule has 1 aromatic rings. The minimum absolute atomic E-state index is 0.0159. The van der Waals surface area contributed by atoms with Gasteiger partial charge in [-0.05, 0) is 46.5 Å². The van der Waals surface area contributed by atoms with Gasteiger partial charge in [0.1, 0.15) is 5.76 Å². The third-order valence-electron chi connectivity index (χ3n) is 4.13. The molecule has 114 valence electrons. The highest BCUT2D eigenvalue weighted by atomic mass is 79.9. The number of amides is 1. The summed E-state index contributed by atoms with van der Waals surface area (Å²) in [4.78, 5) is 25.3. The first kappa shape index (κ1) is 15.8. The van der Waals surface area contributed by atoms with E-state index in [9.17, 15) is 14.7 Å². The Kier molecular flexibility index (Phi) is 4.56. The van der Waals surface area contributed by atoms with E-state index in [0.717, 1.165) is 0 Å². The van der Waals surface area contributed by atoms with E-state index >= 15 is 0 Å². The highest BCUT2D eigenvalue weighted by Gasteiger charge is 2.48. The molecule has 21 heavy (non-hydrogen) atoms. The average molecular weight is 356 g/mol. The van der Waals surface area contributed by atoms with E-state index in [4.69, 9.17) is 4.42 Å². The van der Waals surface area contributed by atoms with Gasteiger partial charge in [0.15, 0.2) is 4.67 Å². The molecule has 5 nitrogen and oxygen atoms in total. The minimum atomic E-state index is -0.836. The topological polar surface area (TPSA) is 70.8 Å². The summed E-state index contributed by atoms with van der Waals surface area (Å²) in [5, 5.41) is 9.47. The van der Waals surface area contributed by atoms with Crippen molar-refractivity contribution < 1.29 is 19.1 Å². The quantitative estimate of drug-likeness (QED) is 0.842. The first-order valence-electron chi connectivity index (χ1n) is 6.81. The predicted molar refractivity (Wildman–Crippen MR) is 81.5 cm³/mol. The van der Waals surface area contributed by atoms with Gasteiger partial charge >= 0.3 is 5.97 Å². The van der Waals surface area contributed by atoms with Crippen molar-refractivity contribution >= 4 is 33.9 Å². The second-order valence-electron chi connectivity index (χ2n) is 5.60. The van der Waals surface area contributed by atoms with Crippen LogP contribution in [0.3, 0.4) is 0 Å². The molecule has 0 aromatic carbocycles. The molecule has 1 aliphatic rings. The molecule has 0 spiro atoms. The number of nitrogens with zero attached hydrogens (tertiary/aromatic N) is 1. The van der Waals surface area contributed by atoms with Crippen LogP contribution in [0.4, 0.5) is 0 Å². The molecule has 1 fully saturated rings. The number of carbonyl (C=O) groups is 2. The molecule has 2 rings (SSSR count). The Morgan fingerprint density at radius 2 is 2.19 bits per heavy atom. The van der Waals surface area contributed by atoms with Gasteiger partial charge in [0.05, 0.1) is 5.41 Å². The second-order valence-corrected chi connectivity index (χ2v) is 6.38. The van der Waals surface area contributed by atoms with Crippen molar-refractivity contribution in [3.05, 3.63) is 28.6 Å². The normalized spacial score (nSPS) is 22.4.